The van der Waals surface area contributed by atoms with Gasteiger partial charge in [0.1, 0.15) is 0 Å². The lowest BCUT2D eigenvalue weighted by Gasteiger charge is -2.65. The van der Waals surface area contributed by atoms with E-state index in [1.807, 2.05) is 0 Å². The van der Waals surface area contributed by atoms with Gasteiger partial charge in [-0.05, 0) is 30.9 Å². The summed E-state index contributed by atoms with van der Waals surface area (Å²) in [7, 11) is 0. The van der Waals surface area contributed by atoms with Crippen molar-refractivity contribution in [2.75, 3.05) is 6.61 Å². The molecule has 0 N–H and O–H groups in total. The third-order valence-corrected chi connectivity index (χ3v) is 5.22. The average molecular weight is 329 g/mol. The molecule has 0 spiro atoms. The summed E-state index contributed by atoms with van der Waals surface area (Å²) in [5.74, 6) is -2.53. The first-order valence-corrected chi connectivity index (χ1v) is 7.76. The zero-order valence-corrected chi connectivity index (χ0v) is 13.0. The van der Waals surface area contributed by atoms with Crippen molar-refractivity contribution in [1.29, 1.82) is 0 Å². The number of fused-ring (bicyclic) bond motifs is 1. The molecule has 7 heteroatoms. The van der Waals surface area contributed by atoms with Crippen LogP contribution in [0.1, 0.15) is 40.5 Å². The van der Waals surface area contributed by atoms with Gasteiger partial charge in [0.2, 0.25) is 0 Å². The number of hydrogen-bond donors (Lipinski definition) is 0. The van der Waals surface area contributed by atoms with E-state index in [2.05, 4.69) is 0 Å². The number of carbonyl (C=O) groups is 4. The van der Waals surface area contributed by atoms with Crippen LogP contribution in [0.4, 0.5) is 0 Å². The van der Waals surface area contributed by atoms with Gasteiger partial charge in [0.15, 0.2) is 0 Å². The van der Waals surface area contributed by atoms with E-state index in [1.54, 1.807) is 12.1 Å². The summed E-state index contributed by atoms with van der Waals surface area (Å²) in [5.41, 5.74) is 0.0546. The SMILES string of the molecule is CC(=O)OCC12CC(C1)C2C(=O)ON1C(=O)c2ccccc2C1=O. The van der Waals surface area contributed by atoms with E-state index in [9.17, 15) is 19.2 Å². The molecule has 3 aliphatic carbocycles. The monoisotopic (exact) mass is 329 g/mol. The van der Waals surface area contributed by atoms with Crippen LogP contribution in [0.2, 0.25) is 0 Å². The van der Waals surface area contributed by atoms with E-state index < -0.39 is 35.1 Å². The maximum Gasteiger partial charge on any atom is 0.337 e. The Kier molecular flexibility index (Phi) is 3.03. The van der Waals surface area contributed by atoms with Gasteiger partial charge in [-0.2, -0.15) is 0 Å². The Morgan fingerprint density at radius 3 is 2.21 bits per heavy atom. The van der Waals surface area contributed by atoms with Crippen LogP contribution in [-0.2, 0) is 19.2 Å². The number of benzene rings is 1. The Hall–Kier alpha value is -2.70. The number of esters is 1. The molecule has 2 bridgehead atoms. The van der Waals surface area contributed by atoms with E-state index in [1.165, 1.54) is 19.1 Å². The first-order valence-electron chi connectivity index (χ1n) is 7.76. The number of imide groups is 1. The molecule has 24 heavy (non-hydrogen) atoms. The van der Waals surface area contributed by atoms with Crippen LogP contribution in [0.3, 0.4) is 0 Å². The Balaban J connectivity index is 1.46. The van der Waals surface area contributed by atoms with Gasteiger partial charge in [-0.1, -0.05) is 17.2 Å². The van der Waals surface area contributed by atoms with Crippen LogP contribution < -0.4 is 0 Å². The van der Waals surface area contributed by atoms with Gasteiger partial charge in [-0.15, -0.1) is 0 Å². The predicted octanol–water partition coefficient (Wildman–Crippen LogP) is 1.33. The molecule has 4 aliphatic rings. The average Bonchev–Trinajstić information content (AvgIpc) is 2.70. The van der Waals surface area contributed by atoms with Crippen LogP contribution in [0.25, 0.3) is 0 Å². The maximum atomic E-state index is 12.4. The Labute approximate surface area is 137 Å². The summed E-state index contributed by atoms with van der Waals surface area (Å²) in [6.07, 6.45) is 1.59. The highest BCUT2D eigenvalue weighted by atomic mass is 16.7. The summed E-state index contributed by atoms with van der Waals surface area (Å²) in [6, 6.07) is 6.33. The molecular formula is C17H15NO6. The van der Waals surface area contributed by atoms with Crippen molar-refractivity contribution in [3.05, 3.63) is 35.4 Å². The molecule has 2 amide bonds. The van der Waals surface area contributed by atoms with Crippen molar-refractivity contribution >= 4 is 23.8 Å². The van der Waals surface area contributed by atoms with Gasteiger partial charge < -0.3 is 9.57 Å². The Morgan fingerprint density at radius 1 is 1.17 bits per heavy atom. The van der Waals surface area contributed by atoms with Gasteiger partial charge in [0.25, 0.3) is 11.8 Å². The number of rotatable bonds is 4. The number of carbonyl (C=O) groups excluding carboxylic acids is 4. The largest absolute Gasteiger partial charge is 0.465 e. The summed E-state index contributed by atoms with van der Waals surface area (Å²) >= 11 is 0. The van der Waals surface area contributed by atoms with Crippen molar-refractivity contribution < 1.29 is 28.8 Å². The summed E-state index contributed by atoms with van der Waals surface area (Å²) < 4.78 is 5.04. The molecule has 3 saturated carbocycles. The molecule has 0 radical (unpaired) electrons. The topological polar surface area (TPSA) is 90.0 Å². The van der Waals surface area contributed by atoms with Crippen LogP contribution in [0, 0.1) is 17.3 Å². The van der Waals surface area contributed by atoms with E-state index in [0.29, 0.717) is 5.06 Å². The highest BCUT2D eigenvalue weighted by molar-refractivity contribution is 6.20. The fourth-order valence-corrected chi connectivity index (χ4v) is 3.95. The first-order chi connectivity index (χ1) is 11.4. The highest BCUT2D eigenvalue weighted by Gasteiger charge is 2.70. The van der Waals surface area contributed by atoms with Crippen molar-refractivity contribution in [1.82, 2.24) is 5.06 Å². The second kappa shape index (κ2) is 4.90. The molecule has 1 aromatic carbocycles. The predicted molar refractivity (Wildman–Crippen MR) is 78.3 cm³/mol. The first kappa shape index (κ1) is 14.9. The van der Waals surface area contributed by atoms with Crippen LogP contribution >= 0.6 is 0 Å². The Morgan fingerprint density at radius 2 is 1.75 bits per heavy atom. The zero-order valence-electron chi connectivity index (χ0n) is 13.0. The van der Waals surface area contributed by atoms with Gasteiger partial charge in [0, 0.05) is 12.3 Å². The summed E-state index contributed by atoms with van der Waals surface area (Å²) in [6.45, 7) is 1.48. The van der Waals surface area contributed by atoms with Gasteiger partial charge in [0.05, 0.1) is 23.7 Å². The van der Waals surface area contributed by atoms with Crippen LogP contribution in [0.5, 0.6) is 0 Å². The molecular weight excluding hydrogens is 314 g/mol. The molecule has 0 aromatic heterocycles. The smallest absolute Gasteiger partial charge is 0.337 e. The number of ether oxygens (including phenoxy) is 1. The third kappa shape index (κ3) is 1.90. The number of hydrogen-bond acceptors (Lipinski definition) is 6. The molecule has 1 unspecified atom stereocenters. The number of nitrogens with zero attached hydrogens (tertiary/aromatic N) is 1. The van der Waals surface area contributed by atoms with E-state index in [-0.39, 0.29) is 23.7 Å². The Bertz CT molecular complexity index is 744. The van der Waals surface area contributed by atoms with Gasteiger partial charge >= 0.3 is 11.9 Å². The minimum Gasteiger partial charge on any atom is -0.465 e. The van der Waals surface area contributed by atoms with E-state index in [4.69, 9.17) is 9.57 Å². The molecule has 1 atom stereocenters. The second-order valence-electron chi connectivity index (χ2n) is 6.65. The second-order valence-corrected chi connectivity index (χ2v) is 6.65. The van der Waals surface area contributed by atoms with Crippen molar-refractivity contribution in [2.45, 2.75) is 19.8 Å². The van der Waals surface area contributed by atoms with Crippen molar-refractivity contribution in [2.24, 2.45) is 17.3 Å². The van der Waals surface area contributed by atoms with E-state index in [0.717, 1.165) is 12.8 Å². The summed E-state index contributed by atoms with van der Waals surface area (Å²) in [5, 5.41) is 0.532. The lowest BCUT2D eigenvalue weighted by Crippen LogP contribution is -2.67. The fraction of sp³-hybridized carbons (Fsp3) is 0.412. The van der Waals surface area contributed by atoms with E-state index >= 15 is 0 Å². The fourth-order valence-electron chi connectivity index (χ4n) is 3.95. The maximum absolute atomic E-state index is 12.4. The van der Waals surface area contributed by atoms with Crippen LogP contribution in [0.15, 0.2) is 24.3 Å². The molecule has 7 nitrogen and oxygen atoms in total. The summed E-state index contributed by atoms with van der Waals surface area (Å²) in [4.78, 5) is 52.9. The standard InChI is InChI=1S/C17H15NO6/c1-9(19)23-8-17-6-10(7-17)13(17)16(22)24-18-14(20)11-4-2-3-5-12(11)15(18)21/h2-5,10,13H,6-8H2,1H3. The lowest BCUT2D eigenvalue weighted by atomic mass is 9.38. The number of hydroxylamine groups is 2. The van der Waals surface area contributed by atoms with Crippen molar-refractivity contribution in [3.8, 4) is 0 Å². The lowest BCUT2D eigenvalue weighted by molar-refractivity contribution is -0.245. The van der Waals surface area contributed by atoms with Gasteiger partial charge in [-0.25, -0.2) is 4.79 Å². The highest BCUT2D eigenvalue weighted by Crippen LogP contribution is 2.69. The molecule has 1 aliphatic heterocycles. The number of amides is 2. The minimum atomic E-state index is -0.633. The van der Waals surface area contributed by atoms with Gasteiger partial charge in [-0.3, -0.25) is 14.4 Å². The molecule has 0 saturated heterocycles. The third-order valence-electron chi connectivity index (χ3n) is 5.22. The quantitative estimate of drug-likeness (QED) is 0.611. The molecule has 5 rings (SSSR count). The molecule has 124 valence electrons. The zero-order chi connectivity index (χ0) is 17.1. The minimum absolute atomic E-state index is 0.167. The normalized spacial score (nSPS) is 29.5. The van der Waals surface area contributed by atoms with Crippen LogP contribution in [-0.4, -0.2) is 35.4 Å². The molecule has 3 fully saturated rings. The molecule has 1 aromatic rings. The van der Waals surface area contributed by atoms with Crippen molar-refractivity contribution in [3.63, 3.8) is 0 Å². The molecule has 1 heterocycles.